The summed E-state index contributed by atoms with van der Waals surface area (Å²) in [6, 6.07) is 0. The van der Waals surface area contributed by atoms with E-state index < -0.39 is 0 Å². The fraction of sp³-hybridized carbons (Fsp3) is 0.857. The SMILES string of the molecule is COCC1C(C)C(=O)CC(=O)C2CCCCC21. The Balaban J connectivity index is 2.26. The molecule has 2 aliphatic rings. The molecule has 0 aromatic heterocycles. The van der Waals surface area contributed by atoms with Crippen LogP contribution in [0.25, 0.3) is 0 Å². The molecule has 0 heterocycles. The smallest absolute Gasteiger partial charge is 0.143 e. The van der Waals surface area contributed by atoms with Crippen LogP contribution in [0.5, 0.6) is 0 Å². The molecule has 0 aromatic carbocycles. The van der Waals surface area contributed by atoms with Gasteiger partial charge in [-0.1, -0.05) is 19.8 Å². The van der Waals surface area contributed by atoms with Crippen molar-refractivity contribution in [1.82, 2.24) is 0 Å². The van der Waals surface area contributed by atoms with E-state index >= 15 is 0 Å². The van der Waals surface area contributed by atoms with Crippen molar-refractivity contribution in [2.45, 2.75) is 39.0 Å². The average Bonchev–Trinajstić information content (AvgIpc) is 2.42. The summed E-state index contributed by atoms with van der Waals surface area (Å²) in [5.74, 6) is 1.02. The maximum Gasteiger partial charge on any atom is 0.143 e. The van der Waals surface area contributed by atoms with Crippen LogP contribution in [0.1, 0.15) is 39.0 Å². The van der Waals surface area contributed by atoms with Crippen molar-refractivity contribution in [3.63, 3.8) is 0 Å². The highest BCUT2D eigenvalue weighted by molar-refractivity contribution is 6.02. The standard InChI is InChI=1S/C14H22O3/c1-9-12(8-17-2)10-5-3-4-6-11(10)14(16)7-13(9)15/h9-12H,3-8H2,1-2H3. The van der Waals surface area contributed by atoms with Gasteiger partial charge in [-0.25, -0.2) is 0 Å². The van der Waals surface area contributed by atoms with Gasteiger partial charge in [0.2, 0.25) is 0 Å². The van der Waals surface area contributed by atoms with Gasteiger partial charge in [0.25, 0.3) is 0 Å². The summed E-state index contributed by atoms with van der Waals surface area (Å²) in [7, 11) is 1.68. The molecule has 4 unspecified atom stereocenters. The van der Waals surface area contributed by atoms with Gasteiger partial charge in [0.15, 0.2) is 0 Å². The van der Waals surface area contributed by atoms with Crippen LogP contribution in [0.2, 0.25) is 0 Å². The molecule has 0 bridgehead atoms. The molecular formula is C14H22O3. The van der Waals surface area contributed by atoms with Crippen molar-refractivity contribution in [1.29, 1.82) is 0 Å². The van der Waals surface area contributed by atoms with E-state index in [1.807, 2.05) is 6.92 Å². The highest BCUT2D eigenvalue weighted by atomic mass is 16.5. The average molecular weight is 238 g/mol. The Morgan fingerprint density at radius 1 is 1.18 bits per heavy atom. The van der Waals surface area contributed by atoms with E-state index in [2.05, 4.69) is 0 Å². The number of fused-ring (bicyclic) bond motifs is 1. The van der Waals surface area contributed by atoms with Crippen LogP contribution in [0.15, 0.2) is 0 Å². The molecular weight excluding hydrogens is 216 g/mol. The first-order valence-corrected chi connectivity index (χ1v) is 6.69. The maximum atomic E-state index is 12.1. The van der Waals surface area contributed by atoms with E-state index in [4.69, 9.17) is 4.74 Å². The predicted octanol–water partition coefficient (Wildman–Crippen LogP) is 2.23. The summed E-state index contributed by atoms with van der Waals surface area (Å²) >= 11 is 0. The second-order valence-corrected chi connectivity index (χ2v) is 5.57. The number of hydrogen-bond acceptors (Lipinski definition) is 3. The molecule has 17 heavy (non-hydrogen) atoms. The van der Waals surface area contributed by atoms with Gasteiger partial charge in [-0.3, -0.25) is 9.59 Å². The first-order valence-electron chi connectivity index (χ1n) is 6.69. The van der Waals surface area contributed by atoms with Crippen molar-refractivity contribution in [3.8, 4) is 0 Å². The lowest BCUT2D eigenvalue weighted by atomic mass is 9.69. The molecule has 3 nitrogen and oxygen atoms in total. The molecule has 0 aliphatic heterocycles. The molecule has 2 rings (SSSR count). The Hall–Kier alpha value is -0.700. The fourth-order valence-corrected chi connectivity index (χ4v) is 3.61. The van der Waals surface area contributed by atoms with Crippen LogP contribution in [-0.4, -0.2) is 25.3 Å². The Kier molecular flexibility index (Phi) is 3.97. The Morgan fingerprint density at radius 3 is 2.59 bits per heavy atom. The third kappa shape index (κ3) is 2.44. The second kappa shape index (κ2) is 5.30. The summed E-state index contributed by atoms with van der Waals surface area (Å²) < 4.78 is 5.28. The van der Waals surface area contributed by atoms with Crippen LogP contribution in [-0.2, 0) is 14.3 Å². The normalized spacial score (nSPS) is 38.7. The number of ether oxygens (including phenoxy) is 1. The minimum absolute atomic E-state index is 0.0213. The molecule has 96 valence electrons. The van der Waals surface area contributed by atoms with Crippen LogP contribution in [0.3, 0.4) is 0 Å². The lowest BCUT2D eigenvalue weighted by molar-refractivity contribution is -0.130. The summed E-state index contributed by atoms with van der Waals surface area (Å²) in [6.07, 6.45) is 4.54. The number of methoxy groups -OCH3 is 1. The number of ketones is 2. The van der Waals surface area contributed by atoms with Crippen molar-refractivity contribution < 1.29 is 14.3 Å². The van der Waals surface area contributed by atoms with Crippen molar-refractivity contribution >= 4 is 11.6 Å². The summed E-state index contributed by atoms with van der Waals surface area (Å²) in [6.45, 7) is 2.58. The van der Waals surface area contributed by atoms with Crippen molar-refractivity contribution in [2.24, 2.45) is 23.7 Å². The van der Waals surface area contributed by atoms with E-state index in [9.17, 15) is 9.59 Å². The molecule has 0 radical (unpaired) electrons. The number of rotatable bonds is 2. The molecule has 2 fully saturated rings. The summed E-state index contributed by atoms with van der Waals surface area (Å²) in [4.78, 5) is 24.1. The van der Waals surface area contributed by atoms with E-state index in [0.29, 0.717) is 12.5 Å². The molecule has 0 aromatic rings. The number of carbonyl (C=O) groups is 2. The van der Waals surface area contributed by atoms with E-state index in [0.717, 1.165) is 19.3 Å². The monoisotopic (exact) mass is 238 g/mol. The molecule has 4 atom stereocenters. The van der Waals surface area contributed by atoms with Gasteiger partial charge in [-0.05, 0) is 24.7 Å². The molecule has 0 spiro atoms. The van der Waals surface area contributed by atoms with Gasteiger partial charge < -0.3 is 4.74 Å². The quantitative estimate of drug-likeness (QED) is 0.693. The number of carbonyl (C=O) groups excluding carboxylic acids is 2. The van der Waals surface area contributed by atoms with Crippen LogP contribution < -0.4 is 0 Å². The van der Waals surface area contributed by atoms with Crippen LogP contribution in [0.4, 0.5) is 0 Å². The zero-order valence-corrected chi connectivity index (χ0v) is 10.8. The maximum absolute atomic E-state index is 12.1. The number of hydrogen-bond donors (Lipinski definition) is 0. The molecule has 0 amide bonds. The van der Waals surface area contributed by atoms with Gasteiger partial charge in [0.05, 0.1) is 6.42 Å². The lowest BCUT2D eigenvalue weighted by Gasteiger charge is -2.35. The topological polar surface area (TPSA) is 43.4 Å². The van der Waals surface area contributed by atoms with Crippen LogP contribution >= 0.6 is 0 Å². The fourth-order valence-electron chi connectivity index (χ4n) is 3.61. The molecule has 0 saturated heterocycles. The lowest BCUT2D eigenvalue weighted by Crippen LogP contribution is -2.34. The first kappa shape index (κ1) is 12.7. The van der Waals surface area contributed by atoms with Crippen molar-refractivity contribution in [2.75, 3.05) is 13.7 Å². The molecule has 2 saturated carbocycles. The summed E-state index contributed by atoms with van der Waals surface area (Å²) in [5, 5.41) is 0. The summed E-state index contributed by atoms with van der Waals surface area (Å²) in [5.41, 5.74) is 0. The van der Waals surface area contributed by atoms with Crippen LogP contribution in [0, 0.1) is 23.7 Å². The van der Waals surface area contributed by atoms with Gasteiger partial charge in [-0.2, -0.15) is 0 Å². The zero-order chi connectivity index (χ0) is 12.4. The molecule has 3 heteroatoms. The molecule has 0 N–H and O–H groups in total. The zero-order valence-electron chi connectivity index (χ0n) is 10.8. The van der Waals surface area contributed by atoms with E-state index in [1.54, 1.807) is 7.11 Å². The van der Waals surface area contributed by atoms with Gasteiger partial charge in [0, 0.05) is 25.6 Å². The predicted molar refractivity (Wildman–Crippen MR) is 64.6 cm³/mol. The largest absolute Gasteiger partial charge is 0.384 e. The highest BCUT2D eigenvalue weighted by Gasteiger charge is 2.43. The Morgan fingerprint density at radius 2 is 1.88 bits per heavy atom. The van der Waals surface area contributed by atoms with Crippen molar-refractivity contribution in [3.05, 3.63) is 0 Å². The second-order valence-electron chi connectivity index (χ2n) is 5.57. The van der Waals surface area contributed by atoms with Gasteiger partial charge in [-0.15, -0.1) is 0 Å². The Labute approximate surface area is 103 Å². The van der Waals surface area contributed by atoms with Gasteiger partial charge in [0.1, 0.15) is 11.6 Å². The minimum atomic E-state index is -0.0213. The minimum Gasteiger partial charge on any atom is -0.384 e. The Bertz CT molecular complexity index is 309. The van der Waals surface area contributed by atoms with Gasteiger partial charge >= 0.3 is 0 Å². The third-order valence-corrected chi connectivity index (χ3v) is 4.64. The first-order chi connectivity index (χ1) is 8.15. The van der Waals surface area contributed by atoms with E-state index in [-0.39, 0.29) is 35.7 Å². The third-order valence-electron chi connectivity index (χ3n) is 4.64. The van der Waals surface area contributed by atoms with E-state index in [1.165, 1.54) is 6.42 Å². The highest BCUT2D eigenvalue weighted by Crippen LogP contribution is 2.42. The number of Topliss-reactive ketones (excluding diaryl/α,β-unsaturated/α-hetero) is 2. The molecule has 2 aliphatic carbocycles.